The number of aromatic nitrogens is 1. The van der Waals surface area contributed by atoms with Crippen molar-refractivity contribution in [2.24, 2.45) is 0 Å². The molecule has 0 aliphatic rings. The lowest BCUT2D eigenvalue weighted by atomic mass is 10.3. The standard InChI is InChI=1S/C11H15N3O2S2/c1-17-7-3-2-6-14-18(15,16)11-5-4-10(8-12)13-9-11/h4-5,9,14H,2-3,6-7H2,1H3. The van der Waals surface area contributed by atoms with Crippen LogP contribution in [0.25, 0.3) is 0 Å². The molecule has 1 rings (SSSR count). The summed E-state index contributed by atoms with van der Waals surface area (Å²) in [6.07, 6.45) is 5.01. The number of hydrogen-bond acceptors (Lipinski definition) is 5. The van der Waals surface area contributed by atoms with Gasteiger partial charge in [0.1, 0.15) is 16.7 Å². The second-order valence-corrected chi connectivity index (χ2v) is 6.34. The van der Waals surface area contributed by atoms with Gasteiger partial charge in [-0.1, -0.05) is 0 Å². The summed E-state index contributed by atoms with van der Waals surface area (Å²) < 4.78 is 26.2. The van der Waals surface area contributed by atoms with Crippen LogP contribution in [0.2, 0.25) is 0 Å². The Hall–Kier alpha value is -1.10. The molecule has 1 N–H and O–H groups in total. The number of pyridine rings is 1. The maximum atomic E-state index is 11.8. The number of hydrogen-bond donors (Lipinski definition) is 1. The van der Waals surface area contributed by atoms with Crippen LogP contribution in [0.5, 0.6) is 0 Å². The molecule has 0 radical (unpaired) electrons. The zero-order valence-electron chi connectivity index (χ0n) is 10.1. The summed E-state index contributed by atoms with van der Waals surface area (Å²) in [4.78, 5) is 3.83. The molecule has 0 bridgehead atoms. The third kappa shape index (κ3) is 4.64. The van der Waals surface area contributed by atoms with E-state index in [2.05, 4.69) is 9.71 Å². The van der Waals surface area contributed by atoms with Crippen LogP contribution in [0, 0.1) is 11.3 Å². The van der Waals surface area contributed by atoms with Gasteiger partial charge in [-0.2, -0.15) is 17.0 Å². The minimum Gasteiger partial charge on any atom is -0.244 e. The first-order chi connectivity index (χ1) is 8.60. The van der Waals surface area contributed by atoms with E-state index in [4.69, 9.17) is 5.26 Å². The molecule has 7 heteroatoms. The van der Waals surface area contributed by atoms with E-state index in [-0.39, 0.29) is 10.6 Å². The first kappa shape index (κ1) is 15.0. The molecule has 0 amide bonds. The van der Waals surface area contributed by atoms with Gasteiger partial charge in [-0.15, -0.1) is 0 Å². The Morgan fingerprint density at radius 2 is 2.22 bits per heavy atom. The summed E-state index contributed by atoms with van der Waals surface area (Å²) in [5.74, 6) is 1.03. The van der Waals surface area contributed by atoms with E-state index in [1.54, 1.807) is 11.8 Å². The van der Waals surface area contributed by atoms with Gasteiger partial charge < -0.3 is 0 Å². The van der Waals surface area contributed by atoms with Crippen LogP contribution in [0.1, 0.15) is 18.5 Å². The number of rotatable bonds is 7. The number of nitrogens with zero attached hydrogens (tertiary/aromatic N) is 2. The van der Waals surface area contributed by atoms with Crippen molar-refractivity contribution >= 4 is 21.8 Å². The summed E-state index contributed by atoms with van der Waals surface area (Å²) in [6, 6.07) is 4.62. The molecule has 0 spiro atoms. The summed E-state index contributed by atoms with van der Waals surface area (Å²) >= 11 is 1.74. The second-order valence-electron chi connectivity index (χ2n) is 3.59. The van der Waals surface area contributed by atoms with Crippen LogP contribution in [0.15, 0.2) is 23.2 Å². The molecule has 98 valence electrons. The van der Waals surface area contributed by atoms with Crippen molar-refractivity contribution in [1.29, 1.82) is 5.26 Å². The smallest absolute Gasteiger partial charge is 0.242 e. The molecule has 0 fully saturated rings. The third-order valence-corrected chi connectivity index (χ3v) is 4.37. The normalized spacial score (nSPS) is 11.1. The Kier molecular flexibility index (Phi) is 6.12. The first-order valence-electron chi connectivity index (χ1n) is 5.45. The molecule has 0 aliphatic heterocycles. The molecule has 0 saturated carbocycles. The van der Waals surface area contributed by atoms with Gasteiger partial charge >= 0.3 is 0 Å². The van der Waals surface area contributed by atoms with Gasteiger partial charge in [0.15, 0.2) is 0 Å². The van der Waals surface area contributed by atoms with E-state index < -0.39 is 10.0 Å². The van der Waals surface area contributed by atoms with Crippen molar-refractivity contribution in [3.8, 4) is 6.07 Å². The van der Waals surface area contributed by atoms with Gasteiger partial charge in [-0.3, -0.25) is 0 Å². The Labute approximate surface area is 112 Å². The van der Waals surface area contributed by atoms with Crippen LogP contribution in [0.4, 0.5) is 0 Å². The molecule has 1 heterocycles. The molecular formula is C11H15N3O2S2. The Morgan fingerprint density at radius 1 is 1.44 bits per heavy atom. The number of nitriles is 1. The van der Waals surface area contributed by atoms with Crippen molar-refractivity contribution in [1.82, 2.24) is 9.71 Å². The average Bonchev–Trinajstić information content (AvgIpc) is 2.38. The molecule has 18 heavy (non-hydrogen) atoms. The van der Waals surface area contributed by atoms with Gasteiger partial charge in [0, 0.05) is 12.7 Å². The molecule has 0 atom stereocenters. The highest BCUT2D eigenvalue weighted by Gasteiger charge is 2.13. The summed E-state index contributed by atoms with van der Waals surface area (Å²) in [7, 11) is -3.50. The maximum Gasteiger partial charge on any atom is 0.242 e. The molecule has 5 nitrogen and oxygen atoms in total. The largest absolute Gasteiger partial charge is 0.244 e. The molecule has 0 unspecified atom stereocenters. The maximum absolute atomic E-state index is 11.8. The SMILES string of the molecule is CSCCCCNS(=O)(=O)c1ccc(C#N)nc1. The average molecular weight is 285 g/mol. The van der Waals surface area contributed by atoms with Crippen LogP contribution < -0.4 is 4.72 Å². The quantitative estimate of drug-likeness (QED) is 0.765. The van der Waals surface area contributed by atoms with E-state index in [1.807, 2.05) is 12.3 Å². The van der Waals surface area contributed by atoms with Crippen molar-refractivity contribution in [3.05, 3.63) is 24.0 Å². The number of sulfonamides is 1. The lowest BCUT2D eigenvalue weighted by Gasteiger charge is -2.05. The van der Waals surface area contributed by atoms with Gasteiger partial charge in [-0.25, -0.2) is 18.1 Å². The molecule has 0 saturated heterocycles. The summed E-state index contributed by atoms with van der Waals surface area (Å²) in [6.45, 7) is 0.420. The van der Waals surface area contributed by atoms with Crippen molar-refractivity contribution < 1.29 is 8.42 Å². The summed E-state index contributed by atoms with van der Waals surface area (Å²) in [5, 5.41) is 8.58. The van der Waals surface area contributed by atoms with Gasteiger partial charge in [0.2, 0.25) is 10.0 Å². The number of unbranched alkanes of at least 4 members (excludes halogenated alkanes) is 1. The molecular weight excluding hydrogens is 270 g/mol. The lowest BCUT2D eigenvalue weighted by molar-refractivity contribution is 0.578. The topological polar surface area (TPSA) is 82.9 Å². The Bertz CT molecular complexity index is 506. The fourth-order valence-electron chi connectivity index (χ4n) is 1.27. The zero-order valence-corrected chi connectivity index (χ0v) is 11.7. The highest BCUT2D eigenvalue weighted by atomic mass is 32.2. The fraction of sp³-hybridized carbons (Fsp3) is 0.455. The predicted molar refractivity (Wildman–Crippen MR) is 71.8 cm³/mol. The molecule has 1 aromatic heterocycles. The Balaban J connectivity index is 2.55. The van der Waals surface area contributed by atoms with Crippen LogP contribution in [-0.4, -0.2) is 32.0 Å². The van der Waals surface area contributed by atoms with E-state index in [9.17, 15) is 8.42 Å². The van der Waals surface area contributed by atoms with E-state index in [1.165, 1.54) is 18.3 Å². The molecule has 0 aromatic carbocycles. The van der Waals surface area contributed by atoms with Crippen LogP contribution in [0.3, 0.4) is 0 Å². The van der Waals surface area contributed by atoms with Gasteiger partial charge in [0.05, 0.1) is 0 Å². The monoisotopic (exact) mass is 285 g/mol. The fourth-order valence-corrected chi connectivity index (χ4v) is 2.78. The van der Waals surface area contributed by atoms with Crippen molar-refractivity contribution in [2.75, 3.05) is 18.6 Å². The van der Waals surface area contributed by atoms with Crippen LogP contribution >= 0.6 is 11.8 Å². The van der Waals surface area contributed by atoms with Crippen molar-refractivity contribution in [3.63, 3.8) is 0 Å². The molecule has 1 aromatic rings. The summed E-state index contributed by atoms with van der Waals surface area (Å²) in [5.41, 5.74) is 0.203. The minimum absolute atomic E-state index is 0.0892. The van der Waals surface area contributed by atoms with Crippen LogP contribution in [-0.2, 0) is 10.0 Å². The minimum atomic E-state index is -3.50. The van der Waals surface area contributed by atoms with E-state index in [0.717, 1.165) is 18.6 Å². The second kappa shape index (κ2) is 7.36. The highest BCUT2D eigenvalue weighted by Crippen LogP contribution is 2.07. The number of thioether (sulfide) groups is 1. The third-order valence-electron chi connectivity index (χ3n) is 2.23. The number of nitrogens with one attached hydrogen (secondary N) is 1. The zero-order chi connectivity index (χ0) is 13.4. The van der Waals surface area contributed by atoms with Crippen molar-refractivity contribution in [2.45, 2.75) is 17.7 Å². The lowest BCUT2D eigenvalue weighted by Crippen LogP contribution is -2.25. The first-order valence-corrected chi connectivity index (χ1v) is 8.32. The predicted octanol–water partition coefficient (Wildman–Crippen LogP) is 1.37. The van der Waals surface area contributed by atoms with Gasteiger partial charge in [0.25, 0.3) is 0 Å². The van der Waals surface area contributed by atoms with E-state index >= 15 is 0 Å². The Morgan fingerprint density at radius 3 is 2.78 bits per heavy atom. The van der Waals surface area contributed by atoms with Gasteiger partial charge in [-0.05, 0) is 37.0 Å². The highest BCUT2D eigenvalue weighted by molar-refractivity contribution is 7.98. The van der Waals surface area contributed by atoms with E-state index in [0.29, 0.717) is 6.54 Å². The molecule has 0 aliphatic carbocycles.